The van der Waals surface area contributed by atoms with Gasteiger partial charge in [-0.1, -0.05) is 45.9 Å². The number of hydrogen-bond acceptors (Lipinski definition) is 2. The summed E-state index contributed by atoms with van der Waals surface area (Å²) in [4.78, 5) is 2.78. The fourth-order valence-corrected chi connectivity index (χ4v) is 3.62. The second kappa shape index (κ2) is 7.84. The maximum atomic E-state index is 3.69. The van der Waals surface area contributed by atoms with Gasteiger partial charge < -0.3 is 5.32 Å². The van der Waals surface area contributed by atoms with Crippen LogP contribution in [0.25, 0.3) is 0 Å². The zero-order chi connectivity index (χ0) is 15.2. The number of aryl methyl sites for hydroxylation is 1. The molecule has 0 bridgehead atoms. The molecule has 1 atom stereocenters. The highest BCUT2D eigenvalue weighted by Crippen LogP contribution is 2.25. The average molecular weight is 288 g/mol. The van der Waals surface area contributed by atoms with Crippen molar-refractivity contribution in [2.75, 3.05) is 18.4 Å². The molecule has 118 valence electrons. The van der Waals surface area contributed by atoms with Crippen LogP contribution in [0.3, 0.4) is 0 Å². The Morgan fingerprint density at radius 3 is 2.57 bits per heavy atom. The molecule has 1 unspecified atom stereocenters. The van der Waals surface area contributed by atoms with E-state index in [0.717, 1.165) is 18.5 Å². The van der Waals surface area contributed by atoms with E-state index in [1.807, 2.05) is 0 Å². The van der Waals surface area contributed by atoms with Crippen molar-refractivity contribution in [3.05, 3.63) is 29.8 Å². The molecule has 2 heteroatoms. The largest absolute Gasteiger partial charge is 0.383 e. The molecule has 0 saturated carbocycles. The van der Waals surface area contributed by atoms with Crippen molar-refractivity contribution in [1.82, 2.24) is 4.90 Å². The van der Waals surface area contributed by atoms with Gasteiger partial charge in [-0.15, -0.1) is 0 Å². The van der Waals surface area contributed by atoms with E-state index in [-0.39, 0.29) is 0 Å². The molecule has 21 heavy (non-hydrogen) atoms. The number of hydrogen-bond donors (Lipinski definition) is 1. The van der Waals surface area contributed by atoms with Crippen LogP contribution in [-0.2, 0) is 6.42 Å². The van der Waals surface area contributed by atoms with Crippen molar-refractivity contribution in [3.63, 3.8) is 0 Å². The van der Waals surface area contributed by atoms with Gasteiger partial charge in [-0.05, 0) is 43.2 Å². The Labute approximate surface area is 130 Å². The van der Waals surface area contributed by atoms with Crippen LogP contribution in [0.5, 0.6) is 0 Å². The van der Waals surface area contributed by atoms with Crippen LogP contribution in [0.4, 0.5) is 5.69 Å². The van der Waals surface area contributed by atoms with Crippen molar-refractivity contribution in [1.29, 1.82) is 0 Å². The Kier molecular flexibility index (Phi) is 6.10. The molecule has 2 nitrogen and oxygen atoms in total. The van der Waals surface area contributed by atoms with E-state index in [1.165, 1.54) is 43.5 Å². The minimum absolute atomic E-state index is 0.657. The van der Waals surface area contributed by atoms with E-state index in [1.54, 1.807) is 0 Å². The van der Waals surface area contributed by atoms with Crippen molar-refractivity contribution in [2.45, 2.75) is 65.5 Å². The number of para-hydroxylation sites is 1. The lowest BCUT2D eigenvalue weighted by atomic mass is 10.00. The summed E-state index contributed by atoms with van der Waals surface area (Å²) in [7, 11) is 0. The van der Waals surface area contributed by atoms with E-state index in [9.17, 15) is 0 Å². The lowest BCUT2D eigenvalue weighted by molar-refractivity contribution is 0.110. The summed E-state index contributed by atoms with van der Waals surface area (Å²) in [6.07, 6.45) is 4.98. The summed E-state index contributed by atoms with van der Waals surface area (Å²) >= 11 is 0. The zero-order valence-corrected chi connectivity index (χ0v) is 14.2. The topological polar surface area (TPSA) is 15.3 Å². The zero-order valence-electron chi connectivity index (χ0n) is 14.2. The first-order valence-electron chi connectivity index (χ1n) is 8.73. The number of anilines is 1. The van der Waals surface area contributed by atoms with Gasteiger partial charge in [0.2, 0.25) is 0 Å². The van der Waals surface area contributed by atoms with Crippen molar-refractivity contribution < 1.29 is 0 Å². The van der Waals surface area contributed by atoms with Crippen molar-refractivity contribution in [3.8, 4) is 0 Å². The van der Waals surface area contributed by atoms with Crippen LogP contribution in [0.2, 0.25) is 0 Å². The maximum absolute atomic E-state index is 3.69. The van der Waals surface area contributed by atoms with Gasteiger partial charge in [0.05, 0.1) is 0 Å². The fourth-order valence-electron chi connectivity index (χ4n) is 3.62. The van der Waals surface area contributed by atoms with Crippen LogP contribution in [0, 0.1) is 5.92 Å². The molecule has 0 aromatic heterocycles. The van der Waals surface area contributed by atoms with E-state index in [0.29, 0.717) is 6.04 Å². The first-order valence-corrected chi connectivity index (χ1v) is 8.73. The molecule has 2 rings (SSSR count). The Morgan fingerprint density at radius 1 is 1.19 bits per heavy atom. The van der Waals surface area contributed by atoms with Gasteiger partial charge in [-0.3, -0.25) is 4.90 Å². The first-order chi connectivity index (χ1) is 10.2. The number of nitrogens with one attached hydrogen (secondary N) is 1. The lowest BCUT2D eigenvalue weighted by Crippen LogP contribution is -2.47. The molecule has 1 aliphatic heterocycles. The predicted molar refractivity (Wildman–Crippen MR) is 93.0 cm³/mol. The molecule has 1 N–H and O–H groups in total. The molecule has 0 spiro atoms. The monoisotopic (exact) mass is 288 g/mol. The molecule has 1 aliphatic rings. The quantitative estimate of drug-likeness (QED) is 0.825. The smallest absolute Gasteiger partial charge is 0.0373 e. The number of rotatable bonds is 6. The Bertz CT molecular complexity index is 396. The minimum atomic E-state index is 0.657. The predicted octanol–water partition coefficient (Wildman–Crippen LogP) is 4.56. The summed E-state index contributed by atoms with van der Waals surface area (Å²) in [5.41, 5.74) is 2.82. The van der Waals surface area contributed by atoms with E-state index in [2.05, 4.69) is 62.2 Å². The molecule has 0 radical (unpaired) electrons. The van der Waals surface area contributed by atoms with Crippen LogP contribution in [-0.4, -0.2) is 30.1 Å². The van der Waals surface area contributed by atoms with E-state index >= 15 is 0 Å². The minimum Gasteiger partial charge on any atom is -0.383 e. The van der Waals surface area contributed by atoms with Gasteiger partial charge in [0, 0.05) is 30.9 Å². The van der Waals surface area contributed by atoms with Crippen LogP contribution >= 0.6 is 0 Å². The number of fused-ring (bicyclic) bond motifs is 1. The molecule has 0 amide bonds. The van der Waals surface area contributed by atoms with Crippen LogP contribution in [0.15, 0.2) is 24.3 Å². The molecule has 0 saturated heterocycles. The van der Waals surface area contributed by atoms with Gasteiger partial charge in [0.15, 0.2) is 0 Å². The second-order valence-electron chi connectivity index (χ2n) is 6.79. The van der Waals surface area contributed by atoms with Crippen LogP contribution < -0.4 is 5.32 Å². The van der Waals surface area contributed by atoms with Gasteiger partial charge >= 0.3 is 0 Å². The highest BCUT2D eigenvalue weighted by Gasteiger charge is 2.26. The van der Waals surface area contributed by atoms with E-state index < -0.39 is 0 Å². The van der Waals surface area contributed by atoms with Gasteiger partial charge in [0.1, 0.15) is 0 Å². The normalized spacial score (nSPS) is 18.7. The molecular formula is C19H32N2. The second-order valence-corrected chi connectivity index (χ2v) is 6.79. The molecule has 1 aromatic carbocycles. The number of benzene rings is 1. The standard InChI is InChI=1S/C19H32N2/c1-5-17(6-2)21(14-15(3)4)18-12-11-16-9-7-8-10-19(16)20-13-18/h7-10,15,17-18,20H,5-6,11-14H2,1-4H3. The van der Waals surface area contributed by atoms with Crippen molar-refractivity contribution >= 4 is 5.69 Å². The first kappa shape index (κ1) is 16.4. The Hall–Kier alpha value is -1.02. The highest BCUT2D eigenvalue weighted by molar-refractivity contribution is 5.52. The fraction of sp³-hybridized carbons (Fsp3) is 0.684. The molecule has 1 aromatic rings. The summed E-state index contributed by atoms with van der Waals surface area (Å²) < 4.78 is 0. The summed E-state index contributed by atoms with van der Waals surface area (Å²) in [5.74, 6) is 0.733. The Balaban J connectivity index is 2.11. The third kappa shape index (κ3) is 4.23. The highest BCUT2D eigenvalue weighted by atomic mass is 15.2. The van der Waals surface area contributed by atoms with Crippen LogP contribution in [0.1, 0.15) is 52.5 Å². The van der Waals surface area contributed by atoms with Crippen molar-refractivity contribution in [2.24, 2.45) is 5.92 Å². The third-order valence-corrected chi connectivity index (χ3v) is 4.75. The third-order valence-electron chi connectivity index (χ3n) is 4.75. The number of nitrogens with zero attached hydrogens (tertiary/aromatic N) is 1. The molecule has 0 aliphatic carbocycles. The summed E-state index contributed by atoms with van der Waals surface area (Å²) in [6.45, 7) is 11.7. The maximum Gasteiger partial charge on any atom is 0.0373 e. The molecule has 0 fully saturated rings. The Morgan fingerprint density at radius 2 is 1.90 bits per heavy atom. The van der Waals surface area contributed by atoms with Gasteiger partial charge in [-0.2, -0.15) is 0 Å². The lowest BCUT2D eigenvalue weighted by Gasteiger charge is -2.38. The summed E-state index contributed by atoms with van der Waals surface area (Å²) in [6, 6.07) is 10.2. The molecule has 1 heterocycles. The van der Waals surface area contributed by atoms with Gasteiger partial charge in [0.25, 0.3) is 0 Å². The average Bonchev–Trinajstić information content (AvgIpc) is 2.69. The summed E-state index contributed by atoms with van der Waals surface area (Å²) in [5, 5.41) is 3.69. The van der Waals surface area contributed by atoms with Gasteiger partial charge in [-0.25, -0.2) is 0 Å². The van der Waals surface area contributed by atoms with E-state index in [4.69, 9.17) is 0 Å². The molecular weight excluding hydrogens is 256 g/mol. The SMILES string of the molecule is CCC(CC)N(CC(C)C)C1CCc2ccccc2NC1.